The van der Waals surface area contributed by atoms with Crippen LogP contribution in [0.1, 0.15) is 9.67 Å². The van der Waals surface area contributed by atoms with Crippen molar-refractivity contribution < 1.29 is 9.59 Å². The molecule has 0 atom stereocenters. The molecular weight excluding hydrogens is 440 g/mol. The Hall–Kier alpha value is -0.830. The summed E-state index contributed by atoms with van der Waals surface area (Å²) in [6.07, 6.45) is 0. The minimum Gasteiger partial charge on any atom is -0.369 e. The van der Waals surface area contributed by atoms with Gasteiger partial charge < -0.3 is 11.1 Å². The molecule has 3 N–H and O–H groups in total. The van der Waals surface area contributed by atoms with Gasteiger partial charge in [-0.25, -0.2) is 0 Å². The number of anilines is 1. The molecule has 0 fully saturated rings. The van der Waals surface area contributed by atoms with Crippen molar-refractivity contribution in [1.82, 2.24) is 0 Å². The van der Waals surface area contributed by atoms with E-state index < -0.39 is 5.91 Å². The molecule has 0 aliphatic heterocycles. The molecule has 2 rings (SSSR count). The molecule has 2 aromatic rings. The quantitative estimate of drug-likeness (QED) is 0.674. The van der Waals surface area contributed by atoms with Crippen LogP contribution in [-0.2, 0) is 4.79 Å². The van der Waals surface area contributed by atoms with Crippen molar-refractivity contribution in [1.29, 1.82) is 0 Å². The smallest absolute Gasteiger partial charge is 0.265 e. The minimum atomic E-state index is -0.396. The van der Waals surface area contributed by atoms with E-state index in [1.807, 2.05) is 18.2 Å². The molecule has 0 saturated heterocycles. The Morgan fingerprint density at radius 2 is 2.00 bits per heavy atom. The summed E-state index contributed by atoms with van der Waals surface area (Å²) in [7, 11) is 0. The number of amides is 2. The molecule has 0 aliphatic carbocycles. The topological polar surface area (TPSA) is 72.2 Å². The number of halogens is 2. The van der Waals surface area contributed by atoms with Gasteiger partial charge in [0.1, 0.15) is 0 Å². The monoisotopic (exact) mass is 448 g/mol. The summed E-state index contributed by atoms with van der Waals surface area (Å²) in [6, 6.07) is 9.05. The van der Waals surface area contributed by atoms with Gasteiger partial charge >= 0.3 is 0 Å². The molecule has 8 heteroatoms. The van der Waals surface area contributed by atoms with Gasteiger partial charge in [-0.15, -0.1) is 23.1 Å². The molecule has 2 amide bonds. The highest BCUT2D eigenvalue weighted by atomic mass is 79.9. The number of nitrogens with one attached hydrogen (secondary N) is 1. The van der Waals surface area contributed by atoms with Crippen LogP contribution >= 0.6 is 55.0 Å². The first kappa shape index (κ1) is 16.5. The highest BCUT2D eigenvalue weighted by Crippen LogP contribution is 2.33. The number of hydrogen-bond acceptors (Lipinski definition) is 4. The lowest BCUT2D eigenvalue weighted by Gasteiger charge is -2.09. The molecular formula is C13H10Br2N2O2S2. The van der Waals surface area contributed by atoms with Crippen molar-refractivity contribution in [3.8, 4) is 0 Å². The number of carbonyl (C=O) groups is 2. The number of benzene rings is 1. The zero-order chi connectivity index (χ0) is 15.4. The zero-order valence-corrected chi connectivity index (χ0v) is 15.4. The molecule has 0 saturated carbocycles. The van der Waals surface area contributed by atoms with E-state index in [1.165, 1.54) is 23.1 Å². The molecule has 1 aromatic heterocycles. The summed E-state index contributed by atoms with van der Waals surface area (Å²) in [5, 5.41) is 2.85. The Morgan fingerprint density at radius 1 is 1.29 bits per heavy atom. The lowest BCUT2D eigenvalue weighted by molar-refractivity contribution is -0.115. The SMILES string of the molecule is NC(=O)CSc1ccccc1NC(=O)c1cc(Br)c(Br)s1. The van der Waals surface area contributed by atoms with Crippen LogP contribution in [0.2, 0.25) is 0 Å². The standard InChI is InChI=1S/C13H10Br2N2O2S2/c14-7-5-10(21-12(7)15)13(19)17-8-3-1-2-4-9(8)20-6-11(16)18/h1-5H,6H2,(H2,16,18)(H,17,19). The molecule has 0 unspecified atom stereocenters. The summed E-state index contributed by atoms with van der Waals surface area (Å²) in [5.74, 6) is -0.422. The predicted octanol–water partition coefficient (Wildman–Crippen LogP) is 4.10. The molecule has 0 radical (unpaired) electrons. The molecule has 1 heterocycles. The predicted molar refractivity (Wildman–Crippen MR) is 94.0 cm³/mol. The van der Waals surface area contributed by atoms with Gasteiger partial charge in [-0.05, 0) is 50.1 Å². The lowest BCUT2D eigenvalue weighted by atomic mass is 10.3. The fourth-order valence-corrected chi connectivity index (χ4v) is 4.17. The largest absolute Gasteiger partial charge is 0.369 e. The first-order valence-electron chi connectivity index (χ1n) is 5.73. The number of rotatable bonds is 5. The third-order valence-corrected chi connectivity index (χ3v) is 6.72. The number of thioether (sulfide) groups is 1. The zero-order valence-electron chi connectivity index (χ0n) is 10.6. The van der Waals surface area contributed by atoms with E-state index in [-0.39, 0.29) is 11.7 Å². The Labute approximate surface area is 146 Å². The van der Waals surface area contributed by atoms with Gasteiger partial charge in [-0.2, -0.15) is 0 Å². The normalized spacial score (nSPS) is 10.4. The van der Waals surface area contributed by atoms with Crippen molar-refractivity contribution >= 4 is 72.5 Å². The van der Waals surface area contributed by atoms with Crippen molar-refractivity contribution in [3.63, 3.8) is 0 Å². The van der Waals surface area contributed by atoms with Crippen LogP contribution in [0.5, 0.6) is 0 Å². The maximum atomic E-state index is 12.2. The summed E-state index contributed by atoms with van der Waals surface area (Å²) >= 11 is 9.35. The van der Waals surface area contributed by atoms with Crippen molar-refractivity contribution in [2.45, 2.75) is 4.90 Å². The molecule has 0 aliphatic rings. The van der Waals surface area contributed by atoms with E-state index >= 15 is 0 Å². The molecule has 4 nitrogen and oxygen atoms in total. The number of primary amides is 1. The molecule has 1 aromatic carbocycles. The number of thiophene rings is 1. The van der Waals surface area contributed by atoms with Gasteiger partial charge in [0.05, 0.1) is 20.1 Å². The van der Waals surface area contributed by atoms with Crippen LogP contribution < -0.4 is 11.1 Å². The van der Waals surface area contributed by atoms with Crippen LogP contribution in [0, 0.1) is 0 Å². The van der Waals surface area contributed by atoms with E-state index in [2.05, 4.69) is 37.2 Å². The summed E-state index contributed by atoms with van der Waals surface area (Å²) in [5.41, 5.74) is 5.81. The van der Waals surface area contributed by atoms with Crippen molar-refractivity contribution in [2.75, 3.05) is 11.1 Å². The number of hydrogen-bond donors (Lipinski definition) is 2. The van der Waals surface area contributed by atoms with Crippen LogP contribution in [0.15, 0.2) is 43.5 Å². The Morgan fingerprint density at radius 3 is 2.62 bits per heavy atom. The van der Waals surface area contributed by atoms with Crippen LogP contribution in [0.25, 0.3) is 0 Å². The highest BCUT2D eigenvalue weighted by molar-refractivity contribution is 9.13. The van der Waals surface area contributed by atoms with E-state index in [9.17, 15) is 9.59 Å². The Bertz CT molecular complexity index is 669. The fraction of sp³-hybridized carbons (Fsp3) is 0.0769. The van der Waals surface area contributed by atoms with Crippen LogP contribution in [-0.4, -0.2) is 17.6 Å². The third kappa shape index (κ3) is 4.57. The average molecular weight is 450 g/mol. The fourth-order valence-electron chi connectivity index (χ4n) is 1.49. The van der Waals surface area contributed by atoms with Crippen LogP contribution in [0.4, 0.5) is 5.69 Å². The van der Waals surface area contributed by atoms with E-state index in [1.54, 1.807) is 12.1 Å². The number of nitrogens with two attached hydrogens (primary N) is 1. The Kier molecular flexibility index (Phi) is 5.86. The maximum absolute atomic E-state index is 12.2. The van der Waals surface area contributed by atoms with Gasteiger partial charge in [0, 0.05) is 9.37 Å². The van der Waals surface area contributed by atoms with Gasteiger partial charge in [0.25, 0.3) is 5.91 Å². The molecule has 0 bridgehead atoms. The number of para-hydroxylation sites is 1. The average Bonchev–Trinajstić information content (AvgIpc) is 2.78. The van der Waals surface area contributed by atoms with Gasteiger partial charge in [-0.3, -0.25) is 9.59 Å². The van der Waals surface area contributed by atoms with Gasteiger partial charge in [-0.1, -0.05) is 12.1 Å². The van der Waals surface area contributed by atoms with E-state index in [0.29, 0.717) is 10.6 Å². The van der Waals surface area contributed by atoms with E-state index in [4.69, 9.17) is 5.73 Å². The summed E-state index contributed by atoms with van der Waals surface area (Å²) in [4.78, 5) is 24.5. The second kappa shape index (κ2) is 7.44. The highest BCUT2D eigenvalue weighted by Gasteiger charge is 2.14. The Balaban J connectivity index is 2.15. The molecule has 21 heavy (non-hydrogen) atoms. The van der Waals surface area contributed by atoms with Gasteiger partial charge in [0.15, 0.2) is 0 Å². The van der Waals surface area contributed by atoms with Crippen molar-refractivity contribution in [3.05, 3.63) is 43.5 Å². The van der Waals surface area contributed by atoms with Gasteiger partial charge in [0.2, 0.25) is 5.91 Å². The second-order valence-electron chi connectivity index (χ2n) is 3.94. The third-order valence-electron chi connectivity index (χ3n) is 2.37. The maximum Gasteiger partial charge on any atom is 0.265 e. The lowest BCUT2D eigenvalue weighted by Crippen LogP contribution is -2.14. The molecule has 110 valence electrons. The summed E-state index contributed by atoms with van der Waals surface area (Å²) < 4.78 is 1.71. The minimum absolute atomic E-state index is 0.170. The van der Waals surface area contributed by atoms with E-state index in [0.717, 1.165) is 13.2 Å². The number of carbonyl (C=O) groups excluding carboxylic acids is 2. The second-order valence-corrected chi connectivity index (χ2v) is 8.18. The molecule has 0 spiro atoms. The first-order valence-corrected chi connectivity index (χ1v) is 9.12. The van der Waals surface area contributed by atoms with Crippen LogP contribution in [0.3, 0.4) is 0 Å². The van der Waals surface area contributed by atoms with Crippen molar-refractivity contribution in [2.24, 2.45) is 5.73 Å². The first-order chi connectivity index (χ1) is 9.97. The summed E-state index contributed by atoms with van der Waals surface area (Å²) in [6.45, 7) is 0.